The fraction of sp³-hybridized carbons (Fsp3) is 0.455. The van der Waals surface area contributed by atoms with Gasteiger partial charge in [0.1, 0.15) is 5.82 Å². The quantitative estimate of drug-likeness (QED) is 0.616. The number of nitrogens with two attached hydrogens (primary N) is 1. The molecule has 1 aromatic carbocycles. The Morgan fingerprint density at radius 2 is 2.25 bits per heavy atom. The minimum atomic E-state index is -0.417. The Hall–Kier alpha value is -0.680. The smallest absolute Gasteiger partial charge is 0.142 e. The highest BCUT2D eigenvalue weighted by molar-refractivity contribution is 6.31. The number of nitrogens with one attached hydrogen (secondary N) is 1. The van der Waals surface area contributed by atoms with E-state index < -0.39 is 5.82 Å². The molecule has 0 fully saturated rings. The second-order valence-electron chi connectivity index (χ2n) is 3.63. The van der Waals surface area contributed by atoms with Gasteiger partial charge in [0, 0.05) is 7.11 Å². The van der Waals surface area contributed by atoms with E-state index in [1.165, 1.54) is 6.07 Å². The van der Waals surface area contributed by atoms with Gasteiger partial charge in [0.25, 0.3) is 0 Å². The van der Waals surface area contributed by atoms with Gasteiger partial charge in [-0.3, -0.25) is 11.3 Å². The van der Waals surface area contributed by atoms with Crippen molar-refractivity contribution < 1.29 is 9.13 Å². The van der Waals surface area contributed by atoms with Gasteiger partial charge in [-0.15, -0.1) is 0 Å². The fourth-order valence-electron chi connectivity index (χ4n) is 1.47. The summed E-state index contributed by atoms with van der Waals surface area (Å²) in [6.07, 6.45) is 0.437. The van der Waals surface area contributed by atoms with Crippen molar-refractivity contribution in [3.63, 3.8) is 0 Å². The highest BCUT2D eigenvalue weighted by Crippen LogP contribution is 2.21. The van der Waals surface area contributed by atoms with E-state index in [-0.39, 0.29) is 17.2 Å². The molecule has 0 amide bonds. The van der Waals surface area contributed by atoms with Crippen molar-refractivity contribution in [1.29, 1.82) is 0 Å². The molecule has 2 unspecified atom stereocenters. The highest BCUT2D eigenvalue weighted by atomic mass is 35.5. The first-order chi connectivity index (χ1) is 7.60. The molecule has 3 N–H and O–H groups in total. The molecule has 2 atom stereocenters. The molecule has 0 aliphatic carbocycles. The maximum Gasteiger partial charge on any atom is 0.142 e. The third kappa shape index (κ3) is 3.15. The van der Waals surface area contributed by atoms with Crippen molar-refractivity contribution in [3.8, 4) is 0 Å². The zero-order valence-electron chi connectivity index (χ0n) is 9.34. The molecular weight excluding hydrogens is 231 g/mol. The zero-order chi connectivity index (χ0) is 12.1. The maximum absolute atomic E-state index is 13.2. The van der Waals surface area contributed by atoms with E-state index in [0.29, 0.717) is 12.0 Å². The van der Waals surface area contributed by atoms with Crippen LogP contribution in [0.25, 0.3) is 0 Å². The van der Waals surface area contributed by atoms with Crippen LogP contribution in [0, 0.1) is 5.82 Å². The van der Waals surface area contributed by atoms with Crippen LogP contribution in [0.3, 0.4) is 0 Å². The first-order valence-corrected chi connectivity index (χ1v) is 5.39. The first-order valence-electron chi connectivity index (χ1n) is 5.02. The summed E-state index contributed by atoms with van der Waals surface area (Å²) in [5.74, 6) is 5.00. The van der Waals surface area contributed by atoms with Crippen LogP contribution in [0.2, 0.25) is 5.02 Å². The van der Waals surface area contributed by atoms with Crippen molar-refractivity contribution in [1.82, 2.24) is 5.43 Å². The number of hydrazine groups is 1. The number of rotatable bonds is 5. The molecule has 1 rings (SSSR count). The van der Waals surface area contributed by atoms with Gasteiger partial charge in [-0.25, -0.2) is 4.39 Å². The average Bonchev–Trinajstić information content (AvgIpc) is 2.30. The number of halogens is 2. The van der Waals surface area contributed by atoms with Crippen molar-refractivity contribution in [2.45, 2.75) is 25.5 Å². The molecule has 0 bridgehead atoms. The van der Waals surface area contributed by atoms with Gasteiger partial charge in [0.15, 0.2) is 0 Å². The van der Waals surface area contributed by atoms with E-state index in [1.54, 1.807) is 19.2 Å². The van der Waals surface area contributed by atoms with Crippen LogP contribution in [0.5, 0.6) is 0 Å². The Morgan fingerprint density at radius 3 is 2.81 bits per heavy atom. The number of ether oxygens (including phenoxy) is 1. The molecule has 90 valence electrons. The summed E-state index contributed by atoms with van der Waals surface area (Å²) in [5.41, 5.74) is 3.36. The molecule has 5 heteroatoms. The molecule has 0 aromatic heterocycles. The predicted octanol–water partition coefficient (Wildman–Crippen LogP) is 1.89. The van der Waals surface area contributed by atoms with Crippen LogP contribution >= 0.6 is 11.6 Å². The van der Waals surface area contributed by atoms with Crippen LogP contribution in [0.1, 0.15) is 12.5 Å². The molecular formula is C11H16ClFN2O. The van der Waals surface area contributed by atoms with Crippen molar-refractivity contribution in [2.24, 2.45) is 5.84 Å². The highest BCUT2D eigenvalue weighted by Gasteiger charge is 2.18. The third-order valence-electron chi connectivity index (χ3n) is 2.62. The summed E-state index contributed by atoms with van der Waals surface area (Å²) >= 11 is 5.86. The Labute approximate surface area is 99.7 Å². The van der Waals surface area contributed by atoms with E-state index in [2.05, 4.69) is 5.43 Å². The van der Waals surface area contributed by atoms with Crippen LogP contribution in [0.15, 0.2) is 18.2 Å². The first kappa shape index (κ1) is 13.4. The molecule has 0 heterocycles. The molecule has 0 spiro atoms. The number of benzene rings is 1. The summed E-state index contributed by atoms with van der Waals surface area (Å²) in [6, 6.07) is 4.63. The second-order valence-corrected chi connectivity index (χ2v) is 4.01. The van der Waals surface area contributed by atoms with E-state index in [0.717, 1.165) is 0 Å². The Kier molecular flexibility index (Phi) is 5.15. The van der Waals surface area contributed by atoms with Crippen molar-refractivity contribution in [3.05, 3.63) is 34.6 Å². The van der Waals surface area contributed by atoms with Gasteiger partial charge in [0.05, 0.1) is 17.2 Å². The summed E-state index contributed by atoms with van der Waals surface area (Å²) in [4.78, 5) is 0. The van der Waals surface area contributed by atoms with Crippen LogP contribution in [-0.2, 0) is 11.2 Å². The minimum absolute atomic E-state index is 0.0793. The van der Waals surface area contributed by atoms with Crippen LogP contribution < -0.4 is 11.3 Å². The SMILES string of the molecule is COC(C)C(Cc1cccc(F)c1Cl)NN. The molecule has 0 saturated heterocycles. The molecule has 16 heavy (non-hydrogen) atoms. The van der Waals surface area contributed by atoms with E-state index in [4.69, 9.17) is 22.2 Å². The van der Waals surface area contributed by atoms with E-state index in [9.17, 15) is 4.39 Å². The third-order valence-corrected chi connectivity index (χ3v) is 3.05. The fourth-order valence-corrected chi connectivity index (χ4v) is 1.67. The van der Waals surface area contributed by atoms with Gasteiger partial charge in [-0.2, -0.15) is 0 Å². The molecule has 1 aromatic rings. The number of hydrogen-bond acceptors (Lipinski definition) is 3. The minimum Gasteiger partial charge on any atom is -0.380 e. The van der Waals surface area contributed by atoms with Crippen molar-refractivity contribution in [2.75, 3.05) is 7.11 Å². The van der Waals surface area contributed by atoms with Crippen LogP contribution in [-0.4, -0.2) is 19.3 Å². The van der Waals surface area contributed by atoms with E-state index in [1.807, 2.05) is 6.92 Å². The summed E-state index contributed by atoms with van der Waals surface area (Å²) in [7, 11) is 1.60. The average molecular weight is 247 g/mol. The molecule has 0 aliphatic rings. The number of hydrogen-bond donors (Lipinski definition) is 2. The molecule has 3 nitrogen and oxygen atoms in total. The molecule has 0 radical (unpaired) electrons. The molecule has 0 aliphatic heterocycles. The second kappa shape index (κ2) is 6.15. The van der Waals surface area contributed by atoms with Gasteiger partial charge >= 0.3 is 0 Å². The standard InChI is InChI=1S/C11H16ClFN2O/c1-7(16-2)10(15-14)6-8-4-3-5-9(13)11(8)12/h3-5,7,10,15H,6,14H2,1-2H3. The predicted molar refractivity (Wildman–Crippen MR) is 62.7 cm³/mol. The Morgan fingerprint density at radius 1 is 1.56 bits per heavy atom. The lowest BCUT2D eigenvalue weighted by Gasteiger charge is -2.22. The van der Waals surface area contributed by atoms with Gasteiger partial charge < -0.3 is 4.74 Å². The topological polar surface area (TPSA) is 47.3 Å². The Balaban J connectivity index is 2.82. The summed E-state index contributed by atoms with van der Waals surface area (Å²) in [5, 5.41) is 0.144. The Bertz CT molecular complexity index is 349. The summed E-state index contributed by atoms with van der Waals surface area (Å²) < 4.78 is 18.4. The summed E-state index contributed by atoms with van der Waals surface area (Å²) in [6.45, 7) is 1.89. The lowest BCUT2D eigenvalue weighted by atomic mass is 10.0. The largest absolute Gasteiger partial charge is 0.380 e. The van der Waals surface area contributed by atoms with Gasteiger partial charge in [-0.05, 0) is 25.0 Å². The van der Waals surface area contributed by atoms with E-state index >= 15 is 0 Å². The lowest BCUT2D eigenvalue weighted by Crippen LogP contribution is -2.45. The van der Waals surface area contributed by atoms with Gasteiger partial charge in [-0.1, -0.05) is 23.7 Å². The van der Waals surface area contributed by atoms with Gasteiger partial charge in [0.2, 0.25) is 0 Å². The number of methoxy groups -OCH3 is 1. The van der Waals surface area contributed by atoms with Crippen molar-refractivity contribution >= 4 is 11.6 Å². The zero-order valence-corrected chi connectivity index (χ0v) is 10.1. The maximum atomic E-state index is 13.2. The van der Waals surface area contributed by atoms with Crippen LogP contribution in [0.4, 0.5) is 4.39 Å². The monoisotopic (exact) mass is 246 g/mol. The lowest BCUT2D eigenvalue weighted by molar-refractivity contribution is 0.0831. The molecule has 0 saturated carbocycles. The normalized spacial score (nSPS) is 14.8.